The van der Waals surface area contributed by atoms with Crippen molar-refractivity contribution in [3.05, 3.63) is 0 Å². The molecule has 5 atom stereocenters. The van der Waals surface area contributed by atoms with E-state index in [0.29, 0.717) is 5.92 Å². The molecule has 3 rings (SSSR count). The monoisotopic (exact) mass is 206 g/mol. The Hall–Kier alpha value is 0.260. The van der Waals surface area contributed by atoms with E-state index in [4.69, 9.17) is 4.18 Å². The molecule has 1 saturated heterocycles. The van der Waals surface area contributed by atoms with E-state index in [-0.39, 0.29) is 22.5 Å². The highest BCUT2D eigenvalue weighted by Crippen LogP contribution is 2.55. The van der Waals surface area contributed by atoms with Crippen LogP contribution in [-0.4, -0.2) is 25.0 Å². The maximum Gasteiger partial charge on any atom is 0.270 e. The molecule has 3 nitrogen and oxygen atoms in total. The molecule has 5 unspecified atom stereocenters. The van der Waals surface area contributed by atoms with Gasteiger partial charge in [0, 0.05) is 11.2 Å². The first-order valence-corrected chi connectivity index (χ1v) is 6.18. The van der Waals surface area contributed by atoms with Gasteiger partial charge in [0.2, 0.25) is 0 Å². The van der Waals surface area contributed by atoms with Crippen LogP contribution in [0.5, 0.6) is 0 Å². The second-order valence-corrected chi connectivity index (χ2v) is 6.36. The molecule has 0 aromatic carbocycles. The number of fused-ring (bicyclic) bond motifs is 1. The van der Waals surface area contributed by atoms with Crippen molar-refractivity contribution >= 4 is 22.7 Å². The highest BCUT2D eigenvalue weighted by atomic mass is 32.2. The SMILES string of the molecule is O=S1(=O)OC2C(S)C3CC2C1C3. The number of thiol groups is 1. The van der Waals surface area contributed by atoms with Gasteiger partial charge in [0.1, 0.15) is 0 Å². The molecule has 1 heterocycles. The molecule has 0 amide bonds. The number of hydrogen-bond acceptors (Lipinski definition) is 4. The molecule has 2 aliphatic carbocycles. The van der Waals surface area contributed by atoms with Gasteiger partial charge >= 0.3 is 0 Å². The van der Waals surface area contributed by atoms with Crippen LogP contribution in [-0.2, 0) is 14.3 Å². The molecule has 0 N–H and O–H groups in total. The summed E-state index contributed by atoms with van der Waals surface area (Å²) in [6, 6.07) is 0. The highest BCUT2D eigenvalue weighted by molar-refractivity contribution is 7.87. The predicted molar refractivity (Wildman–Crippen MR) is 46.6 cm³/mol. The molecule has 1 aliphatic heterocycles. The third-order valence-corrected chi connectivity index (χ3v) is 5.93. The van der Waals surface area contributed by atoms with Crippen molar-refractivity contribution < 1.29 is 12.6 Å². The summed E-state index contributed by atoms with van der Waals surface area (Å²) in [5.74, 6) is 0.730. The summed E-state index contributed by atoms with van der Waals surface area (Å²) in [5, 5.41) is -0.0422. The average molecular weight is 206 g/mol. The lowest BCUT2D eigenvalue weighted by molar-refractivity contribution is 0.203. The van der Waals surface area contributed by atoms with Gasteiger partial charge in [-0.25, -0.2) is 0 Å². The van der Waals surface area contributed by atoms with Crippen molar-refractivity contribution in [2.75, 3.05) is 0 Å². The highest BCUT2D eigenvalue weighted by Gasteiger charge is 2.62. The van der Waals surface area contributed by atoms with Gasteiger partial charge in [-0.15, -0.1) is 0 Å². The fraction of sp³-hybridized carbons (Fsp3) is 1.00. The number of hydrogen-bond donors (Lipinski definition) is 1. The molecule has 3 fully saturated rings. The Morgan fingerprint density at radius 2 is 2.08 bits per heavy atom. The maximum atomic E-state index is 11.4. The molecule has 2 saturated carbocycles. The molecule has 0 aromatic rings. The second kappa shape index (κ2) is 2.01. The van der Waals surface area contributed by atoms with E-state index >= 15 is 0 Å². The molecule has 0 radical (unpaired) electrons. The summed E-state index contributed by atoms with van der Waals surface area (Å²) >= 11 is 4.39. The first kappa shape index (κ1) is 7.64. The van der Waals surface area contributed by atoms with Crippen LogP contribution in [0.2, 0.25) is 0 Å². The smallest absolute Gasteiger partial charge is 0.265 e. The zero-order valence-corrected chi connectivity index (χ0v) is 8.09. The van der Waals surface area contributed by atoms with Crippen LogP contribution in [0.1, 0.15) is 12.8 Å². The lowest BCUT2D eigenvalue weighted by Crippen LogP contribution is -2.29. The maximum absolute atomic E-state index is 11.4. The van der Waals surface area contributed by atoms with Crippen LogP contribution in [0.4, 0.5) is 0 Å². The van der Waals surface area contributed by atoms with Crippen molar-refractivity contribution in [3.63, 3.8) is 0 Å². The molecule has 5 heteroatoms. The number of rotatable bonds is 0. The van der Waals surface area contributed by atoms with E-state index in [9.17, 15) is 8.42 Å². The molecular formula is C7H10O3S2. The van der Waals surface area contributed by atoms with Crippen molar-refractivity contribution in [2.24, 2.45) is 11.8 Å². The summed E-state index contributed by atoms with van der Waals surface area (Å²) in [6.07, 6.45) is 1.67. The summed E-state index contributed by atoms with van der Waals surface area (Å²) in [7, 11) is -3.21. The molecule has 3 aliphatic rings. The molecule has 0 spiro atoms. The fourth-order valence-corrected chi connectivity index (χ4v) is 5.40. The van der Waals surface area contributed by atoms with Crippen LogP contribution in [0.15, 0.2) is 0 Å². The third kappa shape index (κ3) is 0.708. The van der Waals surface area contributed by atoms with Crippen LogP contribution < -0.4 is 0 Å². The van der Waals surface area contributed by atoms with Crippen LogP contribution in [0, 0.1) is 11.8 Å². The van der Waals surface area contributed by atoms with Gasteiger partial charge in [-0.1, -0.05) is 0 Å². The topological polar surface area (TPSA) is 43.4 Å². The summed E-state index contributed by atoms with van der Waals surface area (Å²) < 4.78 is 27.8. The van der Waals surface area contributed by atoms with Crippen LogP contribution in [0.25, 0.3) is 0 Å². The Balaban J connectivity index is 2.11. The molecule has 2 bridgehead atoms. The van der Waals surface area contributed by atoms with E-state index in [1.54, 1.807) is 0 Å². The van der Waals surface area contributed by atoms with Gasteiger partial charge in [-0.05, 0) is 18.8 Å². The molecular weight excluding hydrogens is 196 g/mol. The second-order valence-electron chi connectivity index (χ2n) is 3.98. The summed E-state index contributed by atoms with van der Waals surface area (Å²) in [6.45, 7) is 0. The standard InChI is InChI=1S/C7H10O3S2/c8-12(9)5-2-3-1-4(5)6(10-12)7(3)11/h3-7,11H,1-2H2. The Kier molecular flexibility index (Phi) is 1.28. The largest absolute Gasteiger partial charge is 0.270 e. The predicted octanol–water partition coefficient (Wildman–Crippen LogP) is 0.422. The summed E-state index contributed by atoms with van der Waals surface area (Å²) in [5.41, 5.74) is 0. The first-order valence-electron chi connectivity index (χ1n) is 4.20. The normalized spacial score (nSPS) is 59.6. The molecule has 12 heavy (non-hydrogen) atoms. The van der Waals surface area contributed by atoms with Gasteiger partial charge in [0.25, 0.3) is 10.1 Å². The van der Waals surface area contributed by atoms with Crippen molar-refractivity contribution in [1.82, 2.24) is 0 Å². The van der Waals surface area contributed by atoms with Gasteiger partial charge in [-0.2, -0.15) is 21.0 Å². The van der Waals surface area contributed by atoms with E-state index in [1.165, 1.54) is 0 Å². The zero-order valence-electron chi connectivity index (χ0n) is 6.38. The Morgan fingerprint density at radius 3 is 2.67 bits per heavy atom. The van der Waals surface area contributed by atoms with Crippen LogP contribution in [0.3, 0.4) is 0 Å². The minimum Gasteiger partial charge on any atom is -0.265 e. The van der Waals surface area contributed by atoms with Crippen LogP contribution >= 0.6 is 12.6 Å². The quantitative estimate of drug-likeness (QED) is 0.461. The van der Waals surface area contributed by atoms with Gasteiger partial charge < -0.3 is 0 Å². The lowest BCUT2D eigenvalue weighted by atomic mass is 9.97. The van der Waals surface area contributed by atoms with E-state index in [0.717, 1.165) is 12.8 Å². The zero-order chi connectivity index (χ0) is 8.51. The van der Waals surface area contributed by atoms with Gasteiger partial charge in [0.05, 0.1) is 11.4 Å². The fourth-order valence-electron chi connectivity index (χ4n) is 2.90. The Morgan fingerprint density at radius 1 is 1.33 bits per heavy atom. The average Bonchev–Trinajstić information content (AvgIpc) is 2.54. The van der Waals surface area contributed by atoms with Gasteiger partial charge in [-0.3, -0.25) is 4.18 Å². The molecule has 68 valence electrons. The molecule has 0 aromatic heterocycles. The first-order chi connectivity index (χ1) is 5.59. The van der Waals surface area contributed by atoms with E-state index < -0.39 is 10.1 Å². The third-order valence-electron chi connectivity index (χ3n) is 3.45. The summed E-state index contributed by atoms with van der Waals surface area (Å²) in [4.78, 5) is 0. The lowest BCUT2D eigenvalue weighted by Gasteiger charge is -2.19. The van der Waals surface area contributed by atoms with Crippen molar-refractivity contribution in [2.45, 2.75) is 29.4 Å². The minimum absolute atomic E-state index is 0.109. The van der Waals surface area contributed by atoms with E-state index in [1.807, 2.05) is 0 Å². The Bertz CT molecular complexity index is 324. The van der Waals surface area contributed by atoms with E-state index in [2.05, 4.69) is 12.6 Å². The van der Waals surface area contributed by atoms with Crippen molar-refractivity contribution in [3.8, 4) is 0 Å². The van der Waals surface area contributed by atoms with Crippen molar-refractivity contribution in [1.29, 1.82) is 0 Å². The Labute approximate surface area is 77.0 Å². The minimum atomic E-state index is -3.21. The van der Waals surface area contributed by atoms with Gasteiger partial charge in [0.15, 0.2) is 0 Å².